The van der Waals surface area contributed by atoms with Gasteiger partial charge in [0, 0.05) is 10.6 Å². The molecule has 1 aliphatic rings. The maximum absolute atomic E-state index is 5.94. The maximum atomic E-state index is 5.94. The Morgan fingerprint density at radius 2 is 1.62 bits per heavy atom. The summed E-state index contributed by atoms with van der Waals surface area (Å²) in [4.78, 5) is 5.13. The highest BCUT2D eigenvalue weighted by molar-refractivity contribution is 7.82. The van der Waals surface area contributed by atoms with Gasteiger partial charge in [-0.25, -0.2) is 4.99 Å². The summed E-state index contributed by atoms with van der Waals surface area (Å²) in [5.74, 6) is 0. The van der Waals surface area contributed by atoms with E-state index in [1.165, 1.54) is 0 Å². The van der Waals surface area contributed by atoms with Gasteiger partial charge in [-0.15, -0.1) is 0 Å². The van der Waals surface area contributed by atoms with Gasteiger partial charge in [-0.3, -0.25) is 0 Å². The lowest BCUT2D eigenvalue weighted by Gasteiger charge is -2.26. The van der Waals surface area contributed by atoms with Crippen LogP contribution in [-0.4, -0.2) is 15.7 Å². The van der Waals surface area contributed by atoms with E-state index in [0.29, 0.717) is 10.1 Å². The van der Waals surface area contributed by atoms with E-state index in [0.717, 1.165) is 21.7 Å². The zero-order chi connectivity index (χ0) is 14.8. The number of hydrogen-bond donors (Lipinski definition) is 1. The standard InChI is InChI=1S/C16H11ClN2S2/c17-12-8-6-11(7-9-12)14-15(20)13(18-16(21)19-14)10-4-2-1-3-5-10/h1-9,14H,(H,19,21). The van der Waals surface area contributed by atoms with Gasteiger partial charge in [0.15, 0.2) is 5.11 Å². The fourth-order valence-electron chi connectivity index (χ4n) is 2.21. The second-order valence-electron chi connectivity index (χ2n) is 4.62. The van der Waals surface area contributed by atoms with Gasteiger partial charge >= 0.3 is 0 Å². The number of thiocarbonyl (C=S) groups is 2. The van der Waals surface area contributed by atoms with Crippen LogP contribution in [0.3, 0.4) is 0 Å². The molecule has 0 spiro atoms. The van der Waals surface area contributed by atoms with E-state index in [-0.39, 0.29) is 6.04 Å². The molecule has 1 heterocycles. The van der Waals surface area contributed by atoms with Crippen LogP contribution in [-0.2, 0) is 0 Å². The molecule has 0 aromatic heterocycles. The van der Waals surface area contributed by atoms with Crippen molar-refractivity contribution in [2.24, 2.45) is 4.99 Å². The van der Waals surface area contributed by atoms with Crippen molar-refractivity contribution in [1.82, 2.24) is 5.32 Å². The molecule has 0 bridgehead atoms. The third-order valence-corrected chi connectivity index (χ3v) is 4.12. The summed E-state index contributed by atoms with van der Waals surface area (Å²) in [5.41, 5.74) is 2.76. The highest BCUT2D eigenvalue weighted by atomic mass is 35.5. The fourth-order valence-corrected chi connectivity index (χ4v) is 2.90. The van der Waals surface area contributed by atoms with Gasteiger partial charge in [0.2, 0.25) is 0 Å². The molecular formula is C16H11ClN2S2. The van der Waals surface area contributed by atoms with Gasteiger partial charge in [0.05, 0.1) is 16.6 Å². The van der Waals surface area contributed by atoms with Crippen LogP contribution >= 0.6 is 36.0 Å². The molecule has 1 unspecified atom stereocenters. The number of nitrogens with zero attached hydrogens (tertiary/aromatic N) is 1. The van der Waals surface area contributed by atoms with Crippen molar-refractivity contribution >= 4 is 51.7 Å². The summed E-state index contributed by atoms with van der Waals surface area (Å²) in [6, 6.07) is 17.3. The van der Waals surface area contributed by atoms with E-state index < -0.39 is 0 Å². The summed E-state index contributed by atoms with van der Waals surface area (Å²) in [5, 5.41) is 4.30. The first-order valence-electron chi connectivity index (χ1n) is 6.39. The van der Waals surface area contributed by atoms with Crippen LogP contribution in [0.15, 0.2) is 59.6 Å². The SMILES string of the molecule is S=C1N=C(c2ccccc2)C(=S)C(c2ccc(Cl)cc2)N1. The minimum atomic E-state index is -0.155. The van der Waals surface area contributed by atoms with Crippen molar-refractivity contribution in [3.8, 4) is 0 Å². The van der Waals surface area contributed by atoms with Gasteiger partial charge in [0.1, 0.15) is 0 Å². The summed E-state index contributed by atoms with van der Waals surface area (Å²) >= 11 is 16.8. The quantitative estimate of drug-likeness (QED) is 0.838. The molecule has 0 radical (unpaired) electrons. The number of aliphatic imine (C=N–C) groups is 1. The Morgan fingerprint density at radius 3 is 2.29 bits per heavy atom. The first-order chi connectivity index (χ1) is 10.1. The molecule has 1 aliphatic heterocycles. The molecule has 3 rings (SSSR count). The van der Waals surface area contributed by atoms with Crippen molar-refractivity contribution in [2.75, 3.05) is 0 Å². The van der Waals surface area contributed by atoms with E-state index in [2.05, 4.69) is 10.3 Å². The zero-order valence-electron chi connectivity index (χ0n) is 10.9. The van der Waals surface area contributed by atoms with Gasteiger partial charge in [-0.05, 0) is 29.9 Å². The van der Waals surface area contributed by atoms with Crippen molar-refractivity contribution < 1.29 is 0 Å². The summed E-state index contributed by atoms with van der Waals surface area (Å²) < 4.78 is 0. The predicted octanol–water partition coefficient (Wildman–Crippen LogP) is 4.13. The number of benzene rings is 2. The lowest BCUT2D eigenvalue weighted by atomic mass is 9.96. The Bertz CT molecular complexity index is 724. The topological polar surface area (TPSA) is 24.4 Å². The minimum Gasteiger partial charge on any atom is -0.349 e. The van der Waals surface area contributed by atoms with Crippen LogP contribution in [0.1, 0.15) is 17.2 Å². The smallest absolute Gasteiger partial charge is 0.194 e. The van der Waals surface area contributed by atoms with Crippen LogP contribution in [0.5, 0.6) is 0 Å². The highest BCUT2D eigenvalue weighted by Crippen LogP contribution is 2.23. The van der Waals surface area contributed by atoms with Gasteiger partial charge in [-0.2, -0.15) is 0 Å². The van der Waals surface area contributed by atoms with E-state index in [4.69, 9.17) is 36.0 Å². The van der Waals surface area contributed by atoms with E-state index >= 15 is 0 Å². The molecule has 0 fully saturated rings. The number of hydrogen-bond acceptors (Lipinski definition) is 2. The Balaban J connectivity index is 1.99. The summed E-state index contributed by atoms with van der Waals surface area (Å²) in [6.07, 6.45) is 0. The molecule has 0 amide bonds. The summed E-state index contributed by atoms with van der Waals surface area (Å²) in [6.45, 7) is 0. The first-order valence-corrected chi connectivity index (χ1v) is 7.59. The predicted molar refractivity (Wildman–Crippen MR) is 95.5 cm³/mol. The fraction of sp³-hybridized carbons (Fsp3) is 0.0625. The van der Waals surface area contributed by atoms with Gasteiger partial charge in [0.25, 0.3) is 0 Å². The molecule has 0 saturated carbocycles. The third-order valence-electron chi connectivity index (χ3n) is 3.23. The first kappa shape index (κ1) is 14.3. The lowest BCUT2D eigenvalue weighted by Crippen LogP contribution is -2.40. The Hall–Kier alpha value is -1.62. The number of nitrogens with one attached hydrogen (secondary N) is 1. The second-order valence-corrected chi connectivity index (χ2v) is 5.89. The van der Waals surface area contributed by atoms with Crippen LogP contribution in [0.4, 0.5) is 0 Å². The highest BCUT2D eigenvalue weighted by Gasteiger charge is 2.27. The van der Waals surface area contributed by atoms with Crippen LogP contribution in [0.2, 0.25) is 5.02 Å². The Labute approximate surface area is 138 Å². The third kappa shape index (κ3) is 3.02. The molecule has 1 N–H and O–H groups in total. The molecule has 0 saturated heterocycles. The van der Waals surface area contributed by atoms with Gasteiger partial charge in [-0.1, -0.05) is 66.3 Å². The Morgan fingerprint density at radius 1 is 0.952 bits per heavy atom. The summed E-state index contributed by atoms with van der Waals surface area (Å²) in [7, 11) is 0. The van der Waals surface area contributed by atoms with Crippen LogP contribution in [0.25, 0.3) is 0 Å². The molecule has 104 valence electrons. The largest absolute Gasteiger partial charge is 0.349 e. The minimum absolute atomic E-state index is 0.155. The zero-order valence-corrected chi connectivity index (χ0v) is 13.3. The molecule has 21 heavy (non-hydrogen) atoms. The molecule has 0 aliphatic carbocycles. The molecular weight excluding hydrogens is 320 g/mol. The molecule has 2 aromatic rings. The second kappa shape index (κ2) is 6.02. The number of halogens is 1. The van der Waals surface area contributed by atoms with Crippen molar-refractivity contribution in [3.05, 3.63) is 70.7 Å². The average Bonchev–Trinajstić information content (AvgIpc) is 2.51. The van der Waals surface area contributed by atoms with Crippen molar-refractivity contribution in [3.63, 3.8) is 0 Å². The molecule has 2 nitrogen and oxygen atoms in total. The van der Waals surface area contributed by atoms with Crippen LogP contribution in [0, 0.1) is 0 Å². The number of rotatable bonds is 2. The Kier molecular flexibility index (Phi) is 4.10. The van der Waals surface area contributed by atoms with E-state index in [1.54, 1.807) is 0 Å². The normalized spacial score (nSPS) is 18.1. The molecule has 5 heteroatoms. The lowest BCUT2D eigenvalue weighted by molar-refractivity contribution is 0.845. The van der Waals surface area contributed by atoms with Crippen LogP contribution < -0.4 is 5.32 Å². The maximum Gasteiger partial charge on any atom is 0.194 e. The van der Waals surface area contributed by atoms with E-state index in [9.17, 15) is 0 Å². The van der Waals surface area contributed by atoms with Gasteiger partial charge < -0.3 is 5.32 Å². The van der Waals surface area contributed by atoms with E-state index in [1.807, 2.05) is 54.6 Å². The average molecular weight is 331 g/mol. The van der Waals surface area contributed by atoms with Crippen molar-refractivity contribution in [2.45, 2.75) is 6.04 Å². The van der Waals surface area contributed by atoms with Crippen molar-refractivity contribution in [1.29, 1.82) is 0 Å². The monoisotopic (exact) mass is 330 g/mol. The molecule has 1 atom stereocenters. The molecule has 2 aromatic carbocycles.